The maximum absolute atomic E-state index is 12.2. The molecule has 0 bridgehead atoms. The van der Waals surface area contributed by atoms with Crippen molar-refractivity contribution in [3.8, 4) is 11.4 Å². The van der Waals surface area contributed by atoms with Crippen molar-refractivity contribution in [1.82, 2.24) is 20.2 Å². The van der Waals surface area contributed by atoms with E-state index in [4.69, 9.17) is 27.9 Å². The minimum Gasteiger partial charge on any atom is -0.494 e. The SMILES string of the molecule is COc1ccccc1-n1nnnc1SCC(=O)Nc1c(Cl)cccc1Cl. The van der Waals surface area contributed by atoms with Crippen LogP contribution >= 0.6 is 35.0 Å². The second kappa shape index (κ2) is 8.39. The van der Waals surface area contributed by atoms with Crippen LogP contribution in [0.5, 0.6) is 5.75 Å². The predicted octanol–water partition coefficient (Wildman–Crippen LogP) is 3.71. The second-order valence-corrected chi connectivity index (χ2v) is 6.74. The first-order valence-corrected chi connectivity index (χ1v) is 9.12. The van der Waals surface area contributed by atoms with Gasteiger partial charge in [0, 0.05) is 0 Å². The molecule has 1 aromatic heterocycles. The molecule has 2 aromatic carbocycles. The van der Waals surface area contributed by atoms with E-state index >= 15 is 0 Å². The number of hydrogen-bond donors (Lipinski definition) is 1. The van der Waals surface area contributed by atoms with E-state index in [-0.39, 0.29) is 11.7 Å². The van der Waals surface area contributed by atoms with Crippen molar-refractivity contribution in [3.05, 3.63) is 52.5 Å². The number of carbonyl (C=O) groups is 1. The van der Waals surface area contributed by atoms with E-state index < -0.39 is 0 Å². The number of methoxy groups -OCH3 is 1. The molecule has 10 heteroatoms. The minimum absolute atomic E-state index is 0.0804. The number of nitrogens with zero attached hydrogens (tertiary/aromatic N) is 4. The number of halogens is 2. The zero-order chi connectivity index (χ0) is 18.5. The van der Waals surface area contributed by atoms with Gasteiger partial charge in [0.05, 0.1) is 28.6 Å². The molecule has 0 aliphatic heterocycles. The van der Waals surface area contributed by atoms with Gasteiger partial charge in [-0.15, -0.1) is 5.10 Å². The molecule has 26 heavy (non-hydrogen) atoms. The van der Waals surface area contributed by atoms with Crippen molar-refractivity contribution in [3.63, 3.8) is 0 Å². The molecule has 3 aromatic rings. The quantitative estimate of drug-likeness (QED) is 0.624. The molecule has 0 aliphatic carbocycles. The fraction of sp³-hybridized carbons (Fsp3) is 0.125. The Morgan fingerprint density at radius 3 is 2.65 bits per heavy atom. The van der Waals surface area contributed by atoms with Gasteiger partial charge in [-0.2, -0.15) is 4.68 Å². The van der Waals surface area contributed by atoms with Gasteiger partial charge in [-0.25, -0.2) is 0 Å². The summed E-state index contributed by atoms with van der Waals surface area (Å²) >= 11 is 13.3. The number of nitrogens with one attached hydrogen (secondary N) is 1. The van der Waals surface area contributed by atoms with E-state index in [9.17, 15) is 4.79 Å². The van der Waals surface area contributed by atoms with Crippen LogP contribution in [0.3, 0.4) is 0 Å². The number of tetrazole rings is 1. The molecule has 0 saturated heterocycles. The van der Waals surface area contributed by atoms with E-state index in [0.29, 0.717) is 32.3 Å². The molecule has 0 atom stereocenters. The van der Waals surface area contributed by atoms with Crippen LogP contribution in [0.25, 0.3) is 5.69 Å². The molecule has 1 N–H and O–H groups in total. The van der Waals surface area contributed by atoms with Crippen molar-refractivity contribution in [2.75, 3.05) is 18.2 Å². The maximum atomic E-state index is 12.2. The van der Waals surface area contributed by atoms with Gasteiger partial charge in [0.1, 0.15) is 11.4 Å². The standard InChI is InChI=1S/C16H13Cl2N5O2S/c1-25-13-8-3-2-7-12(13)23-16(20-21-22-23)26-9-14(24)19-15-10(17)5-4-6-11(15)18/h2-8H,9H2,1H3,(H,19,24). The number of aromatic nitrogens is 4. The fourth-order valence-electron chi connectivity index (χ4n) is 2.15. The number of hydrogen-bond acceptors (Lipinski definition) is 6. The van der Waals surface area contributed by atoms with Crippen LogP contribution in [0.15, 0.2) is 47.6 Å². The van der Waals surface area contributed by atoms with Gasteiger partial charge in [-0.3, -0.25) is 4.79 Å². The summed E-state index contributed by atoms with van der Waals surface area (Å²) in [6.45, 7) is 0. The first kappa shape index (κ1) is 18.5. The van der Waals surface area contributed by atoms with Crippen LogP contribution in [0.2, 0.25) is 10.0 Å². The molecule has 0 saturated carbocycles. The van der Waals surface area contributed by atoms with Gasteiger partial charge in [-0.05, 0) is 34.7 Å². The molecular weight excluding hydrogens is 397 g/mol. The zero-order valence-corrected chi connectivity index (χ0v) is 15.8. The average Bonchev–Trinajstić information content (AvgIpc) is 3.11. The third-order valence-corrected chi connectivity index (χ3v) is 4.86. The van der Waals surface area contributed by atoms with Crippen molar-refractivity contribution in [2.45, 2.75) is 5.16 Å². The Bertz CT molecular complexity index is 914. The van der Waals surface area contributed by atoms with Gasteiger partial charge >= 0.3 is 0 Å². The number of carbonyl (C=O) groups excluding carboxylic acids is 1. The lowest BCUT2D eigenvalue weighted by Gasteiger charge is -2.10. The first-order valence-electron chi connectivity index (χ1n) is 7.38. The van der Waals surface area contributed by atoms with Crippen molar-refractivity contribution < 1.29 is 9.53 Å². The summed E-state index contributed by atoms with van der Waals surface area (Å²) in [5.74, 6) is 0.422. The Kier molecular flexibility index (Phi) is 5.97. The number of thioether (sulfide) groups is 1. The molecule has 7 nitrogen and oxygen atoms in total. The largest absolute Gasteiger partial charge is 0.494 e. The highest BCUT2D eigenvalue weighted by Gasteiger charge is 2.15. The zero-order valence-electron chi connectivity index (χ0n) is 13.5. The predicted molar refractivity (Wildman–Crippen MR) is 102 cm³/mol. The van der Waals surface area contributed by atoms with Crippen molar-refractivity contribution in [1.29, 1.82) is 0 Å². The molecule has 1 amide bonds. The van der Waals surface area contributed by atoms with Crippen LogP contribution in [0.4, 0.5) is 5.69 Å². The summed E-state index contributed by atoms with van der Waals surface area (Å²) in [5.41, 5.74) is 1.06. The van der Waals surface area contributed by atoms with Crippen molar-refractivity contribution >= 4 is 46.6 Å². The molecule has 0 radical (unpaired) electrons. The van der Waals surface area contributed by atoms with Crippen LogP contribution in [-0.4, -0.2) is 39.0 Å². The van der Waals surface area contributed by atoms with Crippen LogP contribution in [0, 0.1) is 0 Å². The minimum atomic E-state index is -0.278. The number of amides is 1. The average molecular weight is 410 g/mol. The summed E-state index contributed by atoms with van der Waals surface area (Å²) in [6, 6.07) is 12.3. The Labute approximate surface area is 163 Å². The number of benzene rings is 2. The summed E-state index contributed by atoms with van der Waals surface area (Å²) in [4.78, 5) is 12.2. The van der Waals surface area contributed by atoms with Gasteiger partial charge in [0.25, 0.3) is 0 Å². The molecule has 0 unspecified atom stereocenters. The van der Waals surface area contributed by atoms with Crippen LogP contribution in [-0.2, 0) is 4.79 Å². The van der Waals surface area contributed by atoms with Gasteiger partial charge in [0.15, 0.2) is 0 Å². The highest BCUT2D eigenvalue weighted by Crippen LogP contribution is 2.30. The lowest BCUT2D eigenvalue weighted by atomic mass is 10.3. The number of rotatable bonds is 6. The monoisotopic (exact) mass is 409 g/mol. The Hall–Kier alpha value is -2.29. The van der Waals surface area contributed by atoms with E-state index in [2.05, 4.69) is 20.8 Å². The molecule has 134 valence electrons. The molecule has 3 rings (SSSR count). The number of ether oxygens (including phenoxy) is 1. The highest BCUT2D eigenvalue weighted by atomic mass is 35.5. The molecule has 0 aliphatic rings. The van der Waals surface area contributed by atoms with Crippen LogP contribution in [0.1, 0.15) is 0 Å². The number of para-hydroxylation sites is 3. The molecule has 0 spiro atoms. The van der Waals surface area contributed by atoms with Gasteiger partial charge in [0.2, 0.25) is 11.1 Å². The smallest absolute Gasteiger partial charge is 0.234 e. The molecule has 0 fully saturated rings. The maximum Gasteiger partial charge on any atom is 0.234 e. The lowest BCUT2D eigenvalue weighted by molar-refractivity contribution is -0.113. The van der Waals surface area contributed by atoms with Crippen molar-refractivity contribution in [2.24, 2.45) is 0 Å². The summed E-state index contributed by atoms with van der Waals surface area (Å²) in [6.07, 6.45) is 0. The summed E-state index contributed by atoms with van der Waals surface area (Å²) in [7, 11) is 1.57. The first-order chi connectivity index (χ1) is 12.6. The topological polar surface area (TPSA) is 81.9 Å². The highest BCUT2D eigenvalue weighted by molar-refractivity contribution is 7.99. The third kappa shape index (κ3) is 4.09. The van der Waals surface area contributed by atoms with E-state index in [1.807, 2.05) is 18.2 Å². The summed E-state index contributed by atoms with van der Waals surface area (Å²) < 4.78 is 6.83. The van der Waals surface area contributed by atoms with Gasteiger partial charge < -0.3 is 10.1 Å². The van der Waals surface area contributed by atoms with E-state index in [0.717, 1.165) is 0 Å². The van der Waals surface area contributed by atoms with Crippen LogP contribution < -0.4 is 10.1 Å². The van der Waals surface area contributed by atoms with E-state index in [1.54, 1.807) is 31.4 Å². The molecule has 1 heterocycles. The Balaban J connectivity index is 1.71. The van der Waals surface area contributed by atoms with Gasteiger partial charge in [-0.1, -0.05) is 53.2 Å². The number of anilines is 1. The lowest BCUT2D eigenvalue weighted by Crippen LogP contribution is -2.15. The Morgan fingerprint density at radius 2 is 1.92 bits per heavy atom. The Morgan fingerprint density at radius 1 is 1.19 bits per heavy atom. The molecular formula is C16H13Cl2N5O2S. The second-order valence-electron chi connectivity index (χ2n) is 4.98. The normalized spacial score (nSPS) is 10.6. The van der Waals surface area contributed by atoms with E-state index in [1.165, 1.54) is 16.4 Å². The fourth-order valence-corrected chi connectivity index (χ4v) is 3.32. The summed E-state index contributed by atoms with van der Waals surface area (Å²) in [5, 5.41) is 15.5. The third-order valence-electron chi connectivity index (χ3n) is 3.31.